The van der Waals surface area contributed by atoms with Crippen LogP contribution >= 0.6 is 0 Å². The Morgan fingerprint density at radius 2 is 0.348 bits per heavy atom. The number of rotatable bonds is 0. The van der Waals surface area contributed by atoms with E-state index in [1.807, 2.05) is 0 Å². The summed E-state index contributed by atoms with van der Waals surface area (Å²) in [4.78, 5) is 0. The summed E-state index contributed by atoms with van der Waals surface area (Å²) in [5, 5.41) is 6.11. The summed E-state index contributed by atoms with van der Waals surface area (Å²) in [5.41, 5.74) is -7.14. The van der Waals surface area contributed by atoms with E-state index in [0.29, 0.717) is 78.1 Å². The Labute approximate surface area is 248 Å². The topological polar surface area (TPSA) is 0 Å². The molecule has 0 aromatic heterocycles. The van der Waals surface area contributed by atoms with Gasteiger partial charge in [0.15, 0.2) is 0 Å². The molecule has 0 saturated heterocycles. The molecule has 232 valence electrons. The van der Waals surface area contributed by atoms with Crippen LogP contribution in [0.3, 0.4) is 0 Å². The van der Waals surface area contributed by atoms with E-state index in [2.05, 4.69) is 0 Å². The Hall–Kier alpha value is -4.74. The van der Waals surface area contributed by atoms with Gasteiger partial charge in [0.2, 0.25) is 0 Å². The minimum absolute atomic E-state index is 0.0188. The lowest BCUT2D eigenvalue weighted by Crippen LogP contribution is -2.16. The Kier molecular flexibility index (Phi) is 5.33. The highest BCUT2D eigenvalue weighted by Crippen LogP contribution is 2.48. The van der Waals surface area contributed by atoms with E-state index in [4.69, 9.17) is 0 Å². The number of hydrogen-bond acceptors (Lipinski definition) is 0. The minimum atomic E-state index is -5.23. The van der Waals surface area contributed by atoms with E-state index in [9.17, 15) is 52.7 Å². The van der Waals surface area contributed by atoms with Gasteiger partial charge < -0.3 is 0 Å². The van der Waals surface area contributed by atoms with E-state index in [-0.39, 0.29) is 21.5 Å². The molecule has 0 radical (unpaired) electrons. The maximum atomic E-state index is 13.5. The zero-order chi connectivity index (χ0) is 32.9. The molecule has 0 bridgehead atoms. The van der Waals surface area contributed by atoms with Crippen LogP contribution in [0, 0.1) is 0 Å². The highest BCUT2D eigenvalue weighted by Gasteiger charge is 2.44. The summed E-state index contributed by atoms with van der Waals surface area (Å²) in [7, 11) is 0. The molecule has 0 amide bonds. The van der Waals surface area contributed by atoms with Gasteiger partial charge in [-0.25, -0.2) is 0 Å². The molecule has 0 N–H and O–H groups in total. The predicted molar refractivity (Wildman–Crippen MR) is 151 cm³/mol. The maximum absolute atomic E-state index is 13.5. The van der Waals surface area contributed by atoms with Crippen LogP contribution in [-0.4, -0.2) is 0 Å². The molecule has 46 heavy (non-hydrogen) atoms. The smallest absolute Gasteiger partial charge is 0.166 e. The number of hydrogen-bond donors (Lipinski definition) is 0. The summed E-state index contributed by atoms with van der Waals surface area (Å²) < 4.78 is 162. The van der Waals surface area contributed by atoms with Crippen LogP contribution in [-0.2, 0) is 24.7 Å². The molecule has 8 aromatic rings. The molecule has 0 atom stereocenters. The lowest BCUT2D eigenvalue weighted by atomic mass is 9.85. The lowest BCUT2D eigenvalue weighted by molar-refractivity contribution is -0.161. The number of alkyl halides is 12. The fourth-order valence-electron chi connectivity index (χ4n) is 6.64. The van der Waals surface area contributed by atoms with Gasteiger partial charge in [-0.15, -0.1) is 0 Å². The third kappa shape index (κ3) is 4.04. The average Bonchev–Trinajstić information content (AvgIpc) is 2.94. The Balaban J connectivity index is 1.33. The quantitative estimate of drug-likeness (QED) is 0.144. The van der Waals surface area contributed by atoms with Crippen LogP contribution < -0.4 is 0 Å². The monoisotopic (exact) mass is 648 g/mol. The van der Waals surface area contributed by atoms with Crippen LogP contribution in [0.25, 0.3) is 75.4 Å². The second kappa shape index (κ2) is 8.54. The first-order valence-electron chi connectivity index (χ1n) is 13.4. The Morgan fingerprint density at radius 3 is 0.478 bits per heavy atom. The van der Waals surface area contributed by atoms with Gasteiger partial charge >= 0.3 is 24.7 Å². The summed E-state index contributed by atoms with van der Waals surface area (Å²) in [5.74, 6) is 0. The van der Waals surface area contributed by atoms with Gasteiger partial charge in [-0.3, -0.25) is 0 Å². The van der Waals surface area contributed by atoms with Gasteiger partial charge in [0.05, 0.1) is 22.3 Å². The van der Waals surface area contributed by atoms with Crippen molar-refractivity contribution in [3.8, 4) is 0 Å². The summed E-state index contributed by atoms with van der Waals surface area (Å²) in [6.07, 6.45) is -20.9. The van der Waals surface area contributed by atoms with Crippen molar-refractivity contribution in [3.05, 3.63) is 95.1 Å². The normalized spacial score (nSPS) is 14.1. The van der Waals surface area contributed by atoms with Gasteiger partial charge in [0.25, 0.3) is 0 Å². The molecule has 8 aromatic carbocycles. The first-order valence-corrected chi connectivity index (χ1v) is 13.4. The van der Waals surface area contributed by atoms with Gasteiger partial charge in [0, 0.05) is 0 Å². The van der Waals surface area contributed by atoms with Crippen molar-refractivity contribution in [2.45, 2.75) is 24.7 Å². The van der Waals surface area contributed by atoms with Gasteiger partial charge in [-0.1, -0.05) is 0 Å². The molecule has 0 aliphatic heterocycles. The van der Waals surface area contributed by atoms with Crippen molar-refractivity contribution in [1.82, 2.24) is 0 Å². The van der Waals surface area contributed by atoms with Gasteiger partial charge in [-0.2, -0.15) is 52.7 Å². The van der Waals surface area contributed by atoms with Crippen LogP contribution in [0.5, 0.6) is 0 Å². The van der Waals surface area contributed by atoms with Crippen LogP contribution in [0.1, 0.15) is 22.3 Å². The van der Waals surface area contributed by atoms with Gasteiger partial charge in [0.1, 0.15) is 0 Å². The summed E-state index contributed by atoms with van der Waals surface area (Å²) >= 11 is 0. The molecule has 0 fully saturated rings. The van der Waals surface area contributed by atoms with Crippen LogP contribution in [0.15, 0.2) is 72.8 Å². The fraction of sp³-hybridized carbons (Fsp3) is 0.118. The molecule has 0 nitrogen and oxygen atoms in total. The molecule has 0 aliphatic carbocycles. The van der Waals surface area contributed by atoms with Crippen molar-refractivity contribution in [2.75, 3.05) is 0 Å². The van der Waals surface area contributed by atoms with Crippen LogP contribution in [0.2, 0.25) is 0 Å². The van der Waals surface area contributed by atoms with E-state index in [1.54, 1.807) is 24.3 Å². The molecule has 0 heterocycles. The number of fused-ring (bicyclic) bond motifs is 11. The highest BCUT2D eigenvalue weighted by atomic mass is 19.4. The van der Waals surface area contributed by atoms with Crippen molar-refractivity contribution < 1.29 is 52.7 Å². The van der Waals surface area contributed by atoms with E-state index >= 15 is 0 Å². The Morgan fingerprint density at radius 1 is 0.217 bits per heavy atom. The molecular formula is C34H12F12. The molecule has 0 saturated carbocycles. The van der Waals surface area contributed by atoms with E-state index < -0.39 is 47.0 Å². The fourth-order valence-corrected chi connectivity index (χ4v) is 6.64. The maximum Gasteiger partial charge on any atom is 0.417 e. The van der Waals surface area contributed by atoms with Crippen molar-refractivity contribution in [1.29, 1.82) is 0 Å². The first-order chi connectivity index (χ1) is 21.3. The largest absolute Gasteiger partial charge is 0.417 e. The van der Waals surface area contributed by atoms with Crippen molar-refractivity contribution >= 4 is 75.4 Å². The molecule has 12 heteroatoms. The Bertz CT molecular complexity index is 2210. The van der Waals surface area contributed by atoms with E-state index in [0.717, 1.165) is 0 Å². The second-order valence-corrected chi connectivity index (χ2v) is 11.4. The molecule has 8 rings (SSSR count). The second-order valence-electron chi connectivity index (χ2n) is 11.4. The number of benzene rings is 6. The third-order valence-electron chi connectivity index (χ3n) is 8.72. The molecule has 0 aliphatic rings. The zero-order valence-corrected chi connectivity index (χ0v) is 22.5. The van der Waals surface area contributed by atoms with Crippen LogP contribution in [0.4, 0.5) is 52.7 Å². The minimum Gasteiger partial charge on any atom is -0.166 e. The van der Waals surface area contributed by atoms with Crippen molar-refractivity contribution in [2.24, 2.45) is 0 Å². The molecule has 0 spiro atoms. The molecular weight excluding hydrogens is 636 g/mol. The van der Waals surface area contributed by atoms with Gasteiger partial charge in [-0.05, 0) is 148 Å². The van der Waals surface area contributed by atoms with Crippen molar-refractivity contribution in [3.63, 3.8) is 0 Å². The SMILES string of the molecule is FC(F)(F)c1cc2cc3c(cc2cc1C(F)(F)F)c1cc2cc4c5cc6cc(C(F)(F)F)c(C(F)(F)F)cc6cc5c4cc2cc31. The standard InChI is InChI=1S/C34H12F12/c35-31(36,37)27-9-15-5-23-19-1-13-2-21-22(4-14(13)3-20(19)24(23)6-16(15)10-28(27)32(38,39)40)26-8-18-12-30(34(44,45)46)29(33(41,42)43)11-17(18)7-25(21)26/h1-12H. The third-order valence-corrected chi connectivity index (χ3v) is 8.72. The average molecular weight is 648 g/mol. The lowest BCUT2D eigenvalue weighted by Gasteiger charge is -2.20. The highest BCUT2D eigenvalue weighted by molar-refractivity contribution is 6.33. The predicted octanol–water partition coefficient (Wildman–Crippen LogP) is 12.7. The molecule has 0 unspecified atom stereocenters. The number of halogens is 12. The first kappa shape index (κ1) is 28.7. The van der Waals surface area contributed by atoms with E-state index in [1.165, 1.54) is 24.3 Å². The summed E-state index contributed by atoms with van der Waals surface area (Å²) in [6.45, 7) is 0. The zero-order valence-electron chi connectivity index (χ0n) is 22.5. The summed E-state index contributed by atoms with van der Waals surface area (Å²) in [6, 6.07) is 14.7.